The molecule has 1 rings (SSSR count). The lowest BCUT2D eigenvalue weighted by atomic mass is 9.98. The van der Waals surface area contributed by atoms with E-state index in [1.54, 1.807) is 26.1 Å². The Morgan fingerprint density at radius 1 is 1.21 bits per heavy atom. The van der Waals surface area contributed by atoms with E-state index < -0.39 is 17.9 Å². The van der Waals surface area contributed by atoms with Gasteiger partial charge in [0.1, 0.15) is 0 Å². The first-order valence-corrected chi connectivity index (χ1v) is 6.33. The van der Waals surface area contributed by atoms with Crippen LogP contribution in [0.25, 0.3) is 0 Å². The maximum atomic E-state index is 11.8. The number of pyridine rings is 1. The van der Waals surface area contributed by atoms with Crippen LogP contribution in [0.2, 0.25) is 0 Å². The fourth-order valence-corrected chi connectivity index (χ4v) is 1.70. The summed E-state index contributed by atoms with van der Waals surface area (Å²) in [6.07, 6.45) is 1.92. The van der Waals surface area contributed by atoms with Gasteiger partial charge in [-0.05, 0) is 38.8 Å². The Hall–Kier alpha value is -1.91. The average Bonchev–Trinajstić information content (AvgIpc) is 2.38. The Balaban J connectivity index is 2.88. The van der Waals surface area contributed by atoms with Crippen LogP contribution < -0.4 is 0 Å². The molecule has 0 atom stereocenters. The summed E-state index contributed by atoms with van der Waals surface area (Å²) in [5.74, 6) is -2.03. The van der Waals surface area contributed by atoms with Gasteiger partial charge < -0.3 is 9.47 Å². The lowest BCUT2D eigenvalue weighted by Gasteiger charge is -2.15. The molecule has 1 heterocycles. The van der Waals surface area contributed by atoms with Crippen LogP contribution in [0.1, 0.15) is 25.1 Å². The Bertz CT molecular complexity index is 427. The zero-order valence-corrected chi connectivity index (χ0v) is 11.5. The molecular formula is C14H19NO4. The van der Waals surface area contributed by atoms with Crippen LogP contribution in [0, 0.1) is 12.8 Å². The van der Waals surface area contributed by atoms with Gasteiger partial charge >= 0.3 is 11.9 Å². The summed E-state index contributed by atoms with van der Waals surface area (Å²) in [5, 5.41) is 0. The van der Waals surface area contributed by atoms with Crippen molar-refractivity contribution in [2.45, 2.75) is 27.2 Å². The number of aryl methyl sites for hydroxylation is 1. The second kappa shape index (κ2) is 7.51. The van der Waals surface area contributed by atoms with Crippen molar-refractivity contribution in [2.24, 2.45) is 5.92 Å². The molecule has 0 unspecified atom stereocenters. The zero-order valence-electron chi connectivity index (χ0n) is 11.5. The SMILES string of the molecule is CCOC(=O)C(Cc1cccnc1C)C(=O)OCC. The monoisotopic (exact) mass is 265 g/mol. The number of hydrogen-bond donors (Lipinski definition) is 0. The van der Waals surface area contributed by atoms with Gasteiger partial charge in [0.15, 0.2) is 5.92 Å². The summed E-state index contributed by atoms with van der Waals surface area (Å²) in [6.45, 7) is 5.72. The van der Waals surface area contributed by atoms with Gasteiger partial charge in [-0.3, -0.25) is 14.6 Å². The first-order valence-electron chi connectivity index (χ1n) is 6.33. The Labute approximate surface area is 112 Å². The Morgan fingerprint density at radius 2 is 1.79 bits per heavy atom. The molecule has 0 spiro atoms. The van der Waals surface area contributed by atoms with Crippen molar-refractivity contribution in [1.82, 2.24) is 4.98 Å². The largest absolute Gasteiger partial charge is 0.465 e. The fourth-order valence-electron chi connectivity index (χ4n) is 1.70. The molecule has 0 aromatic carbocycles. The number of carbonyl (C=O) groups excluding carboxylic acids is 2. The third-order valence-corrected chi connectivity index (χ3v) is 2.68. The molecule has 0 saturated heterocycles. The summed E-state index contributed by atoms with van der Waals surface area (Å²) < 4.78 is 9.85. The number of nitrogens with zero attached hydrogens (tertiary/aromatic N) is 1. The number of rotatable bonds is 6. The molecule has 0 aliphatic heterocycles. The first kappa shape index (κ1) is 15.1. The van der Waals surface area contributed by atoms with Gasteiger partial charge in [-0.15, -0.1) is 0 Å². The third-order valence-electron chi connectivity index (χ3n) is 2.68. The van der Waals surface area contributed by atoms with Gasteiger partial charge in [-0.2, -0.15) is 0 Å². The third kappa shape index (κ3) is 4.35. The Morgan fingerprint density at radius 3 is 2.26 bits per heavy atom. The maximum absolute atomic E-state index is 11.8. The van der Waals surface area contributed by atoms with Gasteiger partial charge in [0.25, 0.3) is 0 Å². The van der Waals surface area contributed by atoms with E-state index in [1.807, 2.05) is 13.0 Å². The number of ether oxygens (including phenoxy) is 2. The molecule has 1 aromatic heterocycles. The normalized spacial score (nSPS) is 10.3. The lowest BCUT2D eigenvalue weighted by molar-refractivity contribution is -0.161. The number of carbonyl (C=O) groups is 2. The fraction of sp³-hybridized carbons (Fsp3) is 0.500. The quantitative estimate of drug-likeness (QED) is 0.578. The number of hydrogen-bond acceptors (Lipinski definition) is 5. The van der Waals surface area contributed by atoms with E-state index >= 15 is 0 Å². The van der Waals surface area contributed by atoms with Gasteiger partial charge in [0.05, 0.1) is 13.2 Å². The molecule has 0 bridgehead atoms. The average molecular weight is 265 g/mol. The molecule has 1 aromatic rings. The van der Waals surface area contributed by atoms with Crippen molar-refractivity contribution in [3.8, 4) is 0 Å². The highest BCUT2D eigenvalue weighted by atomic mass is 16.6. The van der Waals surface area contributed by atoms with E-state index in [-0.39, 0.29) is 19.6 Å². The molecule has 0 amide bonds. The molecule has 0 N–H and O–H groups in total. The predicted molar refractivity (Wildman–Crippen MR) is 69.4 cm³/mol. The standard InChI is InChI=1S/C14H19NO4/c1-4-18-13(16)12(14(17)19-5-2)9-11-7-6-8-15-10(11)3/h6-8,12H,4-5,9H2,1-3H3. The van der Waals surface area contributed by atoms with Gasteiger partial charge in [-0.25, -0.2) is 0 Å². The van der Waals surface area contributed by atoms with Crippen LogP contribution in [0.15, 0.2) is 18.3 Å². The van der Waals surface area contributed by atoms with Crippen molar-refractivity contribution in [2.75, 3.05) is 13.2 Å². The zero-order chi connectivity index (χ0) is 14.3. The van der Waals surface area contributed by atoms with Gasteiger partial charge in [-0.1, -0.05) is 6.07 Å². The van der Waals surface area contributed by atoms with E-state index in [0.717, 1.165) is 11.3 Å². The highest BCUT2D eigenvalue weighted by molar-refractivity contribution is 5.95. The molecule has 0 radical (unpaired) electrons. The minimum Gasteiger partial charge on any atom is -0.465 e. The number of aromatic nitrogens is 1. The van der Waals surface area contributed by atoms with Crippen molar-refractivity contribution >= 4 is 11.9 Å². The number of esters is 2. The highest BCUT2D eigenvalue weighted by Gasteiger charge is 2.30. The van der Waals surface area contributed by atoms with Crippen molar-refractivity contribution in [3.63, 3.8) is 0 Å². The van der Waals surface area contributed by atoms with Gasteiger partial charge in [0, 0.05) is 11.9 Å². The van der Waals surface area contributed by atoms with Gasteiger partial charge in [0.2, 0.25) is 0 Å². The molecule has 5 heteroatoms. The van der Waals surface area contributed by atoms with E-state index in [0.29, 0.717) is 0 Å². The molecule has 0 aliphatic rings. The van der Waals surface area contributed by atoms with E-state index in [4.69, 9.17) is 9.47 Å². The summed E-state index contributed by atoms with van der Waals surface area (Å²) >= 11 is 0. The minimum atomic E-state index is -0.928. The van der Waals surface area contributed by atoms with Crippen LogP contribution in [-0.4, -0.2) is 30.1 Å². The molecule has 0 fully saturated rings. The van der Waals surface area contributed by atoms with E-state index in [1.165, 1.54) is 0 Å². The smallest absolute Gasteiger partial charge is 0.320 e. The molecule has 5 nitrogen and oxygen atoms in total. The second-order valence-electron chi connectivity index (χ2n) is 4.01. The molecule has 104 valence electrons. The summed E-state index contributed by atoms with van der Waals surface area (Å²) in [5.41, 5.74) is 1.63. The van der Waals surface area contributed by atoms with Crippen LogP contribution in [0.3, 0.4) is 0 Å². The topological polar surface area (TPSA) is 65.5 Å². The van der Waals surface area contributed by atoms with Crippen LogP contribution in [0.4, 0.5) is 0 Å². The van der Waals surface area contributed by atoms with E-state index in [9.17, 15) is 9.59 Å². The van der Waals surface area contributed by atoms with Crippen LogP contribution >= 0.6 is 0 Å². The molecule has 0 aliphatic carbocycles. The van der Waals surface area contributed by atoms with Crippen molar-refractivity contribution < 1.29 is 19.1 Å². The molecular weight excluding hydrogens is 246 g/mol. The molecule has 0 saturated carbocycles. The first-order chi connectivity index (χ1) is 9.10. The van der Waals surface area contributed by atoms with Crippen molar-refractivity contribution in [3.05, 3.63) is 29.6 Å². The highest BCUT2D eigenvalue weighted by Crippen LogP contribution is 2.14. The van der Waals surface area contributed by atoms with Crippen LogP contribution in [0.5, 0.6) is 0 Å². The molecule has 19 heavy (non-hydrogen) atoms. The maximum Gasteiger partial charge on any atom is 0.320 e. The lowest BCUT2D eigenvalue weighted by Crippen LogP contribution is -2.30. The predicted octanol–water partition coefficient (Wildman–Crippen LogP) is 1.67. The van der Waals surface area contributed by atoms with Crippen LogP contribution in [-0.2, 0) is 25.5 Å². The summed E-state index contributed by atoms with van der Waals surface area (Å²) in [4.78, 5) is 27.8. The van der Waals surface area contributed by atoms with Crippen molar-refractivity contribution in [1.29, 1.82) is 0 Å². The second-order valence-corrected chi connectivity index (χ2v) is 4.01. The summed E-state index contributed by atoms with van der Waals surface area (Å²) in [7, 11) is 0. The minimum absolute atomic E-state index is 0.237. The Kier molecular flexibility index (Phi) is 5.99. The summed E-state index contributed by atoms with van der Waals surface area (Å²) in [6, 6.07) is 3.61. The van der Waals surface area contributed by atoms with E-state index in [2.05, 4.69) is 4.98 Å².